The van der Waals surface area contributed by atoms with Crippen molar-refractivity contribution in [1.82, 2.24) is 0 Å². The van der Waals surface area contributed by atoms with E-state index < -0.39 is 0 Å². The van der Waals surface area contributed by atoms with Crippen LogP contribution in [0.4, 0.5) is 0 Å². The number of hydroxylamine groups is 3. The molecule has 4 nitrogen and oxygen atoms in total. The van der Waals surface area contributed by atoms with Crippen molar-refractivity contribution in [1.29, 1.82) is 0 Å². The molecular formula is C27H42NO3+. The Kier molecular flexibility index (Phi) is 8.70. The zero-order valence-corrected chi connectivity index (χ0v) is 20.7. The molecule has 4 heteroatoms. The molecule has 31 heavy (non-hydrogen) atoms. The first-order valence-electron chi connectivity index (χ1n) is 11.3. The number of para-hydroxylation sites is 1. The Morgan fingerprint density at radius 2 is 1.35 bits per heavy atom. The van der Waals surface area contributed by atoms with Crippen molar-refractivity contribution in [2.75, 3.05) is 27.3 Å². The van der Waals surface area contributed by atoms with Crippen molar-refractivity contribution in [3.8, 4) is 5.75 Å². The van der Waals surface area contributed by atoms with Crippen molar-refractivity contribution in [3.05, 3.63) is 66.2 Å². The minimum absolute atomic E-state index is 0.0131. The van der Waals surface area contributed by atoms with Crippen LogP contribution in [0, 0.1) is 10.8 Å². The summed E-state index contributed by atoms with van der Waals surface area (Å²) in [7, 11) is 4.25. The molecule has 2 aromatic rings. The zero-order chi connectivity index (χ0) is 23.1. The maximum Gasteiger partial charge on any atom is 0.212 e. The summed E-state index contributed by atoms with van der Waals surface area (Å²) in [6.07, 6.45) is 0.719. The number of rotatable bonds is 11. The SMILES string of the molecule is CC(OCCOc1ccccc1)O[N+](C)(C)C(c1ccccc1)C(C)(C)CC(C)(C)C. The number of benzene rings is 2. The lowest BCUT2D eigenvalue weighted by Gasteiger charge is -2.46. The molecule has 0 aromatic heterocycles. The molecule has 2 atom stereocenters. The lowest BCUT2D eigenvalue weighted by molar-refractivity contribution is -1.11. The standard InChI is InChI=1S/C27H42NO3/c1-22(29-19-20-30-24-17-13-10-14-18-24)31-28(7,8)25(23-15-11-9-12-16-23)27(5,6)21-26(2,3)4/h9-18,22,25H,19-21H2,1-8H3/q+1. The molecule has 0 N–H and O–H groups in total. The predicted octanol–water partition coefficient (Wildman–Crippen LogP) is 6.64. The van der Waals surface area contributed by atoms with Crippen molar-refractivity contribution in [3.63, 3.8) is 0 Å². The van der Waals surface area contributed by atoms with Crippen molar-refractivity contribution in [2.45, 2.75) is 60.3 Å². The highest BCUT2D eigenvalue weighted by Crippen LogP contribution is 2.48. The van der Waals surface area contributed by atoms with Gasteiger partial charge in [0.15, 0.2) is 0 Å². The Balaban J connectivity index is 2.06. The van der Waals surface area contributed by atoms with Crippen molar-refractivity contribution >= 4 is 0 Å². The lowest BCUT2D eigenvalue weighted by Crippen LogP contribution is -2.52. The third-order valence-electron chi connectivity index (χ3n) is 5.33. The van der Waals surface area contributed by atoms with Gasteiger partial charge in [-0.05, 0) is 30.9 Å². The molecule has 2 aromatic carbocycles. The average molecular weight is 429 g/mol. The van der Waals surface area contributed by atoms with Crippen LogP contribution in [0.2, 0.25) is 0 Å². The van der Waals surface area contributed by atoms with E-state index in [1.54, 1.807) is 0 Å². The molecule has 0 aliphatic heterocycles. The molecule has 0 bridgehead atoms. The molecule has 0 saturated carbocycles. The summed E-state index contributed by atoms with van der Waals surface area (Å²) in [5.41, 5.74) is 1.51. The maximum atomic E-state index is 6.47. The Morgan fingerprint density at radius 3 is 1.90 bits per heavy atom. The van der Waals surface area contributed by atoms with E-state index in [2.05, 4.69) is 79.0 Å². The molecule has 0 aliphatic rings. The molecule has 0 amide bonds. The fourth-order valence-corrected chi connectivity index (χ4v) is 5.11. The van der Waals surface area contributed by atoms with E-state index >= 15 is 0 Å². The van der Waals surface area contributed by atoms with E-state index in [-0.39, 0.29) is 23.2 Å². The molecule has 2 rings (SSSR count). The van der Waals surface area contributed by atoms with Crippen molar-refractivity contribution in [2.24, 2.45) is 10.8 Å². The van der Waals surface area contributed by atoms with Crippen molar-refractivity contribution < 1.29 is 19.0 Å². The minimum Gasteiger partial charge on any atom is -0.491 e. The van der Waals surface area contributed by atoms with Crippen LogP contribution < -0.4 is 4.74 Å². The van der Waals surface area contributed by atoms with E-state index in [9.17, 15) is 0 Å². The van der Waals surface area contributed by atoms with Crippen LogP contribution in [0.3, 0.4) is 0 Å². The van der Waals surface area contributed by atoms with Gasteiger partial charge in [-0.1, -0.05) is 83.1 Å². The predicted molar refractivity (Wildman–Crippen MR) is 128 cm³/mol. The fourth-order valence-electron chi connectivity index (χ4n) is 5.11. The Bertz CT molecular complexity index is 766. The van der Waals surface area contributed by atoms with Gasteiger partial charge in [-0.25, -0.2) is 0 Å². The summed E-state index contributed by atoms with van der Waals surface area (Å²) in [4.78, 5) is 6.47. The molecule has 0 heterocycles. The summed E-state index contributed by atoms with van der Waals surface area (Å²) in [5, 5.41) is 0. The van der Waals surface area contributed by atoms with Gasteiger partial charge in [0.05, 0.1) is 20.7 Å². The van der Waals surface area contributed by atoms with Gasteiger partial charge >= 0.3 is 0 Å². The van der Waals surface area contributed by atoms with Gasteiger partial charge in [0.25, 0.3) is 0 Å². The topological polar surface area (TPSA) is 27.7 Å². The van der Waals surface area contributed by atoms with Crippen LogP contribution in [-0.4, -0.2) is 38.2 Å². The molecule has 0 spiro atoms. The number of quaternary nitrogens is 1. The molecule has 0 fully saturated rings. The molecular weight excluding hydrogens is 386 g/mol. The Hall–Kier alpha value is -1.88. The first kappa shape index (κ1) is 25.4. The van der Waals surface area contributed by atoms with Crippen LogP contribution in [0.5, 0.6) is 5.75 Å². The number of hydrogen-bond acceptors (Lipinski definition) is 3. The van der Waals surface area contributed by atoms with E-state index in [4.69, 9.17) is 14.3 Å². The van der Waals surface area contributed by atoms with Gasteiger partial charge in [-0.2, -0.15) is 9.48 Å². The van der Waals surface area contributed by atoms with E-state index in [0.717, 1.165) is 12.2 Å². The van der Waals surface area contributed by atoms with Gasteiger partial charge in [-0.3, -0.25) is 0 Å². The summed E-state index contributed by atoms with van der Waals surface area (Å²) in [6, 6.07) is 20.6. The van der Waals surface area contributed by atoms with Crippen LogP contribution in [0.1, 0.15) is 59.6 Å². The van der Waals surface area contributed by atoms with Crippen LogP contribution in [-0.2, 0) is 9.57 Å². The Morgan fingerprint density at radius 1 is 0.806 bits per heavy atom. The second-order valence-electron chi connectivity index (χ2n) is 10.7. The Labute approximate surface area is 189 Å². The number of hydrogen-bond donors (Lipinski definition) is 0. The first-order valence-corrected chi connectivity index (χ1v) is 11.3. The van der Waals surface area contributed by atoms with Gasteiger partial charge in [0.1, 0.15) is 18.4 Å². The summed E-state index contributed by atoms with van der Waals surface area (Å²) >= 11 is 0. The third-order valence-corrected chi connectivity index (χ3v) is 5.33. The van der Waals surface area contributed by atoms with E-state index in [1.807, 2.05) is 37.3 Å². The molecule has 2 unspecified atom stereocenters. The number of nitrogens with zero attached hydrogens (tertiary/aromatic N) is 1. The van der Waals surface area contributed by atoms with Crippen LogP contribution in [0.15, 0.2) is 60.7 Å². The second-order valence-corrected chi connectivity index (χ2v) is 10.7. The monoisotopic (exact) mass is 428 g/mol. The second kappa shape index (κ2) is 10.6. The quantitative estimate of drug-likeness (QED) is 0.174. The highest BCUT2D eigenvalue weighted by atomic mass is 16.8. The summed E-state index contributed by atoms with van der Waals surface area (Å²) in [6.45, 7) is 14.5. The van der Waals surface area contributed by atoms with Gasteiger partial charge in [-0.15, -0.1) is 0 Å². The minimum atomic E-state index is -0.356. The molecule has 0 radical (unpaired) electrons. The maximum absolute atomic E-state index is 6.47. The zero-order valence-electron chi connectivity index (χ0n) is 20.7. The molecule has 172 valence electrons. The fraction of sp³-hybridized carbons (Fsp3) is 0.556. The summed E-state index contributed by atoms with van der Waals surface area (Å²) < 4.78 is 12.0. The van der Waals surface area contributed by atoms with E-state index in [1.165, 1.54) is 5.56 Å². The highest BCUT2D eigenvalue weighted by Gasteiger charge is 2.46. The van der Waals surface area contributed by atoms with Crippen LogP contribution in [0.25, 0.3) is 0 Å². The smallest absolute Gasteiger partial charge is 0.212 e. The first-order chi connectivity index (χ1) is 14.4. The normalized spacial score (nSPS) is 14.8. The largest absolute Gasteiger partial charge is 0.491 e. The molecule has 0 saturated heterocycles. The van der Waals surface area contributed by atoms with Gasteiger partial charge in [0, 0.05) is 11.0 Å². The van der Waals surface area contributed by atoms with Gasteiger partial charge in [0.2, 0.25) is 6.29 Å². The van der Waals surface area contributed by atoms with Crippen LogP contribution >= 0.6 is 0 Å². The average Bonchev–Trinajstić information content (AvgIpc) is 2.64. The number of ether oxygens (including phenoxy) is 2. The summed E-state index contributed by atoms with van der Waals surface area (Å²) in [5.74, 6) is 0.851. The molecule has 0 aliphatic carbocycles. The lowest BCUT2D eigenvalue weighted by atomic mass is 9.69. The third kappa shape index (κ3) is 8.29. The highest BCUT2D eigenvalue weighted by molar-refractivity contribution is 5.21. The van der Waals surface area contributed by atoms with Gasteiger partial charge < -0.3 is 9.47 Å². The van der Waals surface area contributed by atoms with E-state index in [0.29, 0.717) is 17.9 Å².